The third kappa shape index (κ3) is 14.4. The summed E-state index contributed by atoms with van der Waals surface area (Å²) in [5.41, 5.74) is 2.17. The van der Waals surface area contributed by atoms with E-state index >= 15 is 0 Å². The molecule has 0 fully saturated rings. The molecular formula is C6H13NO2PU2-. The molecule has 0 aromatic carbocycles. The molecule has 0 aromatic heterocycles. The van der Waals surface area contributed by atoms with Gasteiger partial charge < -0.3 is 11.2 Å². The first-order valence-electron chi connectivity index (χ1n) is 3.30. The van der Waals surface area contributed by atoms with E-state index in [0.29, 0.717) is 0 Å². The molecule has 1 amide bonds. The monoisotopic (exact) mass is 638 g/mol. The van der Waals surface area contributed by atoms with Gasteiger partial charge in [-0.15, -0.1) is 0 Å². The van der Waals surface area contributed by atoms with Crippen LogP contribution in [-0.4, -0.2) is 5.91 Å². The normalized spacial score (nSPS) is 7.50. The zero-order valence-corrected chi connectivity index (χ0v) is 16.6. The predicted molar refractivity (Wildman–Crippen MR) is 42.8 cm³/mol. The molecule has 0 aromatic rings. The molecule has 0 saturated heterocycles. The van der Waals surface area contributed by atoms with Gasteiger partial charge in [0.05, 0.1) is 0 Å². The van der Waals surface area contributed by atoms with Crippen molar-refractivity contribution in [2.45, 2.75) is 26.2 Å². The van der Waals surface area contributed by atoms with Crippen LogP contribution in [0.25, 0.3) is 0 Å². The van der Waals surface area contributed by atoms with Gasteiger partial charge in [0.25, 0.3) is 0 Å². The van der Waals surface area contributed by atoms with Gasteiger partial charge >= 0.3 is 0 Å². The first-order valence-corrected chi connectivity index (χ1v) is 3.77. The minimum atomic E-state index is -0.177. The Bertz CT molecular complexity index is 106. The summed E-state index contributed by atoms with van der Waals surface area (Å²) in [6.07, 6.45) is 4.54. The molecule has 0 rings (SSSR count). The molecule has 1 N–H and O–H groups in total. The Hall–Kier alpha value is 1.83. The van der Waals surface area contributed by atoms with E-state index in [-0.39, 0.29) is 68.1 Å². The molecule has 0 heterocycles. The maximum atomic E-state index is 10.6. The fraction of sp³-hybridized carbons (Fsp3) is 0.667. The van der Waals surface area contributed by atoms with Gasteiger partial charge in [0.2, 0.25) is 0 Å². The summed E-state index contributed by atoms with van der Waals surface area (Å²) in [5.74, 6) is -0.177. The van der Waals surface area contributed by atoms with Gasteiger partial charge in [-0.05, 0) is 0 Å². The third-order valence-corrected chi connectivity index (χ3v) is 1.16. The minimum Gasteiger partial charge on any atom is -0.309 e. The number of rotatable bonds is 5. The molecule has 0 bridgehead atoms. The first-order chi connectivity index (χ1) is 4.81. The molecule has 0 radical (unpaired) electrons. The van der Waals surface area contributed by atoms with E-state index < -0.39 is 0 Å². The van der Waals surface area contributed by atoms with Crippen molar-refractivity contribution in [3.8, 4) is 0 Å². The Morgan fingerprint density at radius 3 is 2.58 bits per heavy atom. The number of amides is 1. The van der Waals surface area contributed by atoms with E-state index in [0.717, 1.165) is 19.3 Å². The Balaban J connectivity index is -0.000000405. The summed E-state index contributed by atoms with van der Waals surface area (Å²) in [6.45, 7) is 2.08. The topological polar surface area (TPSA) is 38.3 Å². The summed E-state index contributed by atoms with van der Waals surface area (Å²) >= 11 is 0. The fourth-order valence-electron chi connectivity index (χ4n) is 0.537. The van der Waals surface area contributed by atoms with Crippen LogP contribution >= 0.6 is 9.47 Å². The van der Waals surface area contributed by atoms with E-state index in [1.165, 1.54) is 0 Å². The average molecular weight is 638 g/mol. The molecule has 6 heteroatoms. The Labute approximate surface area is 124 Å². The molecule has 68 valence electrons. The zero-order chi connectivity index (χ0) is 7.82. The van der Waals surface area contributed by atoms with Crippen LogP contribution in [0, 0.1) is 68.6 Å². The van der Waals surface area contributed by atoms with Crippen molar-refractivity contribution in [1.29, 1.82) is 0 Å². The zero-order valence-electron chi connectivity index (χ0n) is 7.09. The standard InChI is InChI=1S/C6H13NO2P.2U/c1-2-3-4-5-6(8)7-9-10;;/h5H,2-4,10H2,1H3,(H,7,8);;/q-1;;. The molecule has 12 heavy (non-hydrogen) atoms. The third-order valence-electron chi connectivity index (χ3n) is 1.05. The molecule has 3 nitrogen and oxygen atoms in total. The minimum absolute atomic E-state index is 0. The van der Waals surface area contributed by atoms with Crippen molar-refractivity contribution >= 4 is 15.4 Å². The number of hydrogen-bond donors (Lipinski definition) is 1. The predicted octanol–water partition coefficient (Wildman–Crippen LogP) is 1.22. The van der Waals surface area contributed by atoms with Crippen molar-refractivity contribution in [2.24, 2.45) is 0 Å². The largest absolute Gasteiger partial charge is 0.309 e. The molecular weight excluding hydrogens is 625 g/mol. The molecule has 0 aliphatic carbocycles. The van der Waals surface area contributed by atoms with E-state index in [1.54, 1.807) is 6.42 Å². The van der Waals surface area contributed by atoms with Crippen molar-refractivity contribution in [1.82, 2.24) is 5.48 Å². The molecule has 1 atom stereocenters. The van der Waals surface area contributed by atoms with Gasteiger partial charge in [-0.25, -0.2) is 0 Å². The number of hydrogen-bond acceptors (Lipinski definition) is 2. The van der Waals surface area contributed by atoms with Gasteiger partial charge in [-0.3, -0.25) is 10.1 Å². The van der Waals surface area contributed by atoms with E-state index in [9.17, 15) is 4.79 Å². The number of hydroxylamine groups is 1. The van der Waals surface area contributed by atoms with E-state index in [4.69, 9.17) is 0 Å². The van der Waals surface area contributed by atoms with Crippen LogP contribution in [-0.2, 0) is 9.42 Å². The van der Waals surface area contributed by atoms with Crippen LogP contribution < -0.4 is 5.48 Å². The van der Waals surface area contributed by atoms with E-state index in [1.807, 2.05) is 9.47 Å². The Morgan fingerprint density at radius 1 is 1.58 bits per heavy atom. The summed E-state index contributed by atoms with van der Waals surface area (Å²) in [6, 6.07) is 0. The number of carbonyl (C=O) groups excluding carboxylic acids is 1. The summed E-state index contributed by atoms with van der Waals surface area (Å²) < 4.78 is 4.32. The molecule has 0 aliphatic heterocycles. The van der Waals surface area contributed by atoms with Crippen molar-refractivity contribution in [2.75, 3.05) is 0 Å². The van der Waals surface area contributed by atoms with Crippen LogP contribution in [0.2, 0.25) is 0 Å². The number of nitrogens with one attached hydrogen (secondary N) is 1. The van der Waals surface area contributed by atoms with Crippen LogP contribution in [0.15, 0.2) is 0 Å². The SMILES string of the molecule is CCCC[CH-]C(=O)NOP.[U].[U]. The second kappa shape index (κ2) is 15.3. The molecule has 0 spiro atoms. The fourth-order valence-corrected chi connectivity index (χ4v) is 0.653. The Morgan fingerprint density at radius 2 is 2.17 bits per heavy atom. The summed E-state index contributed by atoms with van der Waals surface area (Å²) in [4.78, 5) is 10.6. The van der Waals surface area contributed by atoms with Crippen LogP contribution in [0.1, 0.15) is 26.2 Å². The Kier molecular flexibility index (Phi) is 24.8. The van der Waals surface area contributed by atoms with Gasteiger partial charge in [0.1, 0.15) is 5.91 Å². The second-order valence-electron chi connectivity index (χ2n) is 1.93. The van der Waals surface area contributed by atoms with Gasteiger partial charge in [0, 0.05) is 71.7 Å². The number of carbonyl (C=O) groups is 1. The maximum Gasteiger partial charge on any atom is 0.108 e. The first kappa shape index (κ1) is 19.4. The van der Waals surface area contributed by atoms with E-state index in [2.05, 4.69) is 17.0 Å². The maximum absolute atomic E-state index is 10.6. The molecule has 1 unspecified atom stereocenters. The van der Waals surface area contributed by atoms with Gasteiger partial charge in [0.15, 0.2) is 0 Å². The van der Waals surface area contributed by atoms with Crippen LogP contribution in [0.5, 0.6) is 0 Å². The van der Waals surface area contributed by atoms with Crippen molar-refractivity contribution in [3.05, 3.63) is 6.42 Å². The van der Waals surface area contributed by atoms with Crippen LogP contribution in [0.3, 0.4) is 0 Å². The van der Waals surface area contributed by atoms with Crippen molar-refractivity contribution in [3.63, 3.8) is 0 Å². The van der Waals surface area contributed by atoms with Gasteiger partial charge in [-0.1, -0.05) is 19.8 Å². The number of unbranched alkanes of at least 4 members (excludes halogenated alkanes) is 2. The summed E-state index contributed by atoms with van der Waals surface area (Å²) in [5, 5.41) is 0. The molecule has 0 aliphatic rings. The van der Waals surface area contributed by atoms with Crippen LogP contribution in [0.4, 0.5) is 0 Å². The quantitative estimate of drug-likeness (QED) is 0.213. The van der Waals surface area contributed by atoms with Crippen molar-refractivity contribution < 1.29 is 71.6 Å². The second-order valence-corrected chi connectivity index (χ2v) is 2.17. The molecule has 0 saturated carbocycles. The van der Waals surface area contributed by atoms with Gasteiger partial charge in [-0.2, -0.15) is 6.42 Å². The smallest absolute Gasteiger partial charge is 0.108 e. The average Bonchev–Trinajstić information content (AvgIpc) is 1.89. The summed E-state index contributed by atoms with van der Waals surface area (Å²) in [7, 11) is 1.95.